The monoisotopic (exact) mass is 204 g/mol. The van der Waals surface area contributed by atoms with Crippen molar-refractivity contribution in [2.24, 2.45) is 0 Å². The molecule has 0 atom stereocenters. The number of nitrogens with one attached hydrogen (secondary N) is 1. The largest absolute Gasteiger partial charge is 0.477 e. The van der Waals surface area contributed by atoms with Gasteiger partial charge in [-0.15, -0.1) is 0 Å². The Labute approximate surface area is 84.6 Å². The Morgan fingerprint density at radius 3 is 2.47 bits per heavy atom. The topological polar surface area (TPSA) is 75.1 Å². The zero-order chi connectivity index (χ0) is 10.8. The maximum Gasteiger partial charge on any atom is 0.354 e. The van der Waals surface area contributed by atoms with Gasteiger partial charge in [0.2, 0.25) is 0 Å². The second-order valence-electron chi connectivity index (χ2n) is 2.98. The number of aromatic nitrogens is 2. The van der Waals surface area contributed by atoms with E-state index in [4.69, 9.17) is 5.11 Å². The van der Waals surface area contributed by atoms with Crippen LogP contribution in [-0.2, 0) is 0 Å². The number of carboxylic acids is 1. The molecule has 0 radical (unpaired) electrons. The third-order valence-corrected chi connectivity index (χ3v) is 1.98. The van der Waals surface area contributed by atoms with Gasteiger partial charge < -0.3 is 5.11 Å². The number of hydrogen-bond donors (Lipinski definition) is 2. The Morgan fingerprint density at radius 1 is 1.27 bits per heavy atom. The molecule has 1 aromatic heterocycles. The number of aromatic amines is 1. The van der Waals surface area contributed by atoms with E-state index in [-0.39, 0.29) is 5.69 Å². The van der Waals surface area contributed by atoms with Crippen LogP contribution in [0.3, 0.4) is 0 Å². The lowest BCUT2D eigenvalue weighted by Gasteiger charge is -1.97. The Bertz CT molecular complexity index is 539. The smallest absolute Gasteiger partial charge is 0.354 e. The predicted octanol–water partition coefficient (Wildman–Crippen LogP) is 0.864. The quantitative estimate of drug-likeness (QED) is 0.761. The molecule has 2 N–H and O–H groups in total. The number of hydrogen-bond acceptors (Lipinski definition) is 2. The molecule has 5 heteroatoms. The summed E-state index contributed by atoms with van der Waals surface area (Å²) in [5.74, 6) is -1.15. The first-order valence-electron chi connectivity index (χ1n) is 4.29. The van der Waals surface area contributed by atoms with Crippen molar-refractivity contribution in [1.82, 2.24) is 9.55 Å². The van der Waals surface area contributed by atoms with Gasteiger partial charge in [-0.2, -0.15) is 0 Å². The first kappa shape index (κ1) is 9.26. The minimum Gasteiger partial charge on any atom is -0.477 e. The minimum absolute atomic E-state index is 0.121. The van der Waals surface area contributed by atoms with Gasteiger partial charge >= 0.3 is 11.7 Å². The normalized spacial score (nSPS) is 10.1. The average Bonchev–Trinajstić information content (AvgIpc) is 2.62. The van der Waals surface area contributed by atoms with E-state index < -0.39 is 11.7 Å². The van der Waals surface area contributed by atoms with E-state index in [1.165, 1.54) is 10.8 Å². The van der Waals surface area contributed by atoms with Crippen LogP contribution >= 0.6 is 0 Å². The van der Waals surface area contributed by atoms with E-state index >= 15 is 0 Å². The fourth-order valence-electron chi connectivity index (χ4n) is 1.28. The van der Waals surface area contributed by atoms with Crippen molar-refractivity contribution in [2.75, 3.05) is 0 Å². The molecule has 5 nitrogen and oxygen atoms in total. The average molecular weight is 204 g/mol. The standard InChI is InChI=1S/C10H8N2O3/c13-9(14)8-6-12(10(15)11-8)7-4-2-1-3-5-7/h1-6H,(H,11,15)(H,13,14). The van der Waals surface area contributed by atoms with Crippen molar-refractivity contribution < 1.29 is 9.90 Å². The summed E-state index contributed by atoms with van der Waals surface area (Å²) in [6.07, 6.45) is 1.26. The Kier molecular flexibility index (Phi) is 2.13. The number of benzene rings is 1. The summed E-state index contributed by atoms with van der Waals surface area (Å²) in [7, 11) is 0. The molecule has 0 unspecified atom stereocenters. The molecule has 0 aliphatic heterocycles. The molecule has 0 amide bonds. The molecule has 0 saturated heterocycles. The number of carbonyl (C=O) groups is 1. The lowest BCUT2D eigenvalue weighted by molar-refractivity contribution is 0.0691. The highest BCUT2D eigenvalue weighted by Gasteiger charge is 2.09. The summed E-state index contributed by atoms with van der Waals surface area (Å²) in [6.45, 7) is 0. The van der Waals surface area contributed by atoms with Gasteiger partial charge in [-0.3, -0.25) is 9.55 Å². The Balaban J connectivity index is 2.55. The maximum absolute atomic E-state index is 11.4. The molecule has 0 spiro atoms. The number of imidazole rings is 1. The van der Waals surface area contributed by atoms with Crippen LogP contribution < -0.4 is 5.69 Å². The first-order chi connectivity index (χ1) is 7.18. The molecule has 1 heterocycles. The summed E-state index contributed by atoms with van der Waals surface area (Å²) in [4.78, 5) is 24.3. The zero-order valence-electron chi connectivity index (χ0n) is 7.68. The van der Waals surface area contributed by atoms with Crippen LogP contribution in [0, 0.1) is 0 Å². The summed E-state index contributed by atoms with van der Waals surface area (Å²) < 4.78 is 1.25. The van der Waals surface area contributed by atoms with E-state index in [1.807, 2.05) is 6.07 Å². The SMILES string of the molecule is O=C(O)c1cn(-c2ccccc2)c(=O)[nH]1. The molecule has 2 aromatic rings. The fraction of sp³-hybridized carbons (Fsp3) is 0. The third-order valence-electron chi connectivity index (χ3n) is 1.98. The summed E-state index contributed by atoms with van der Waals surface area (Å²) in [6, 6.07) is 8.81. The summed E-state index contributed by atoms with van der Waals surface area (Å²) >= 11 is 0. The number of rotatable bonds is 2. The minimum atomic E-state index is -1.15. The van der Waals surface area contributed by atoms with E-state index in [2.05, 4.69) is 4.98 Å². The van der Waals surface area contributed by atoms with Gasteiger partial charge in [0, 0.05) is 6.20 Å². The summed E-state index contributed by atoms with van der Waals surface area (Å²) in [5.41, 5.74) is 0.0497. The van der Waals surface area contributed by atoms with Gasteiger partial charge in [0.05, 0.1) is 5.69 Å². The molecule has 1 aromatic carbocycles. The van der Waals surface area contributed by atoms with Gasteiger partial charge in [-0.1, -0.05) is 18.2 Å². The van der Waals surface area contributed by atoms with Crippen LogP contribution in [0.2, 0.25) is 0 Å². The van der Waals surface area contributed by atoms with E-state index in [1.54, 1.807) is 24.3 Å². The van der Waals surface area contributed by atoms with Crippen molar-refractivity contribution in [3.8, 4) is 5.69 Å². The zero-order valence-corrected chi connectivity index (χ0v) is 7.68. The van der Waals surface area contributed by atoms with Gasteiger partial charge in [0.15, 0.2) is 0 Å². The van der Waals surface area contributed by atoms with Crippen molar-refractivity contribution in [2.45, 2.75) is 0 Å². The molecule has 0 fully saturated rings. The summed E-state index contributed by atoms with van der Waals surface area (Å²) in [5, 5.41) is 8.69. The number of para-hydroxylation sites is 1. The van der Waals surface area contributed by atoms with E-state index in [0.29, 0.717) is 5.69 Å². The molecule has 15 heavy (non-hydrogen) atoms. The van der Waals surface area contributed by atoms with Crippen LogP contribution in [0.25, 0.3) is 5.69 Å². The Morgan fingerprint density at radius 2 is 1.93 bits per heavy atom. The van der Waals surface area contributed by atoms with Crippen LogP contribution in [-0.4, -0.2) is 20.6 Å². The number of nitrogens with zero attached hydrogens (tertiary/aromatic N) is 1. The predicted molar refractivity (Wildman–Crippen MR) is 53.3 cm³/mol. The number of carboxylic acid groups (broad SMARTS) is 1. The second-order valence-corrected chi connectivity index (χ2v) is 2.98. The lowest BCUT2D eigenvalue weighted by atomic mass is 10.3. The van der Waals surface area contributed by atoms with Crippen molar-refractivity contribution in [1.29, 1.82) is 0 Å². The van der Waals surface area contributed by atoms with E-state index in [0.717, 1.165) is 0 Å². The lowest BCUT2D eigenvalue weighted by Crippen LogP contribution is -2.14. The number of aromatic carboxylic acids is 1. The molecule has 0 aliphatic carbocycles. The van der Waals surface area contributed by atoms with Crippen LogP contribution in [0.5, 0.6) is 0 Å². The molecular formula is C10H8N2O3. The van der Waals surface area contributed by atoms with Crippen molar-refractivity contribution in [3.63, 3.8) is 0 Å². The highest BCUT2D eigenvalue weighted by atomic mass is 16.4. The molecule has 76 valence electrons. The van der Waals surface area contributed by atoms with Gasteiger partial charge in [-0.25, -0.2) is 9.59 Å². The fourth-order valence-corrected chi connectivity index (χ4v) is 1.28. The van der Waals surface area contributed by atoms with Crippen LogP contribution in [0.1, 0.15) is 10.5 Å². The van der Waals surface area contributed by atoms with Crippen molar-refractivity contribution >= 4 is 5.97 Å². The van der Waals surface area contributed by atoms with Crippen LogP contribution in [0.15, 0.2) is 41.3 Å². The van der Waals surface area contributed by atoms with Gasteiger partial charge in [0.25, 0.3) is 0 Å². The van der Waals surface area contributed by atoms with Crippen LogP contribution in [0.4, 0.5) is 0 Å². The maximum atomic E-state index is 11.4. The highest BCUT2D eigenvalue weighted by Crippen LogP contribution is 2.04. The molecule has 0 aliphatic rings. The first-order valence-corrected chi connectivity index (χ1v) is 4.29. The molecule has 0 saturated carbocycles. The third kappa shape index (κ3) is 1.67. The van der Waals surface area contributed by atoms with Gasteiger partial charge in [0.1, 0.15) is 5.69 Å². The second kappa shape index (κ2) is 3.45. The number of H-pyrrole nitrogens is 1. The van der Waals surface area contributed by atoms with Crippen molar-refractivity contribution in [3.05, 3.63) is 52.7 Å². The Hall–Kier alpha value is -2.30. The van der Waals surface area contributed by atoms with Gasteiger partial charge in [-0.05, 0) is 12.1 Å². The molecular weight excluding hydrogens is 196 g/mol. The van der Waals surface area contributed by atoms with E-state index in [9.17, 15) is 9.59 Å². The highest BCUT2D eigenvalue weighted by molar-refractivity contribution is 5.85. The molecule has 2 rings (SSSR count). The molecule has 0 bridgehead atoms.